The number of carbonyl (C=O) groups excluding carboxylic acids is 1. The van der Waals surface area contributed by atoms with Crippen molar-refractivity contribution >= 4 is 23.6 Å². The van der Waals surface area contributed by atoms with Crippen LogP contribution in [0.2, 0.25) is 0 Å². The average Bonchev–Trinajstić information content (AvgIpc) is 2.22. The molecule has 6 heteroatoms. The molecule has 0 aromatic carbocycles. The van der Waals surface area contributed by atoms with Crippen LogP contribution in [0.3, 0.4) is 0 Å². The summed E-state index contributed by atoms with van der Waals surface area (Å²) in [4.78, 5) is 22.5. The molecule has 0 heterocycles. The summed E-state index contributed by atoms with van der Waals surface area (Å²) in [5.41, 5.74) is -0.702. The first-order chi connectivity index (χ1) is 8.10. The van der Waals surface area contributed by atoms with Crippen molar-refractivity contribution in [2.24, 2.45) is 5.41 Å². The second kappa shape index (κ2) is 6.86. The molecule has 0 aromatic heterocycles. The molecule has 1 rings (SSSR count). The van der Waals surface area contributed by atoms with E-state index in [0.29, 0.717) is 25.2 Å². The first kappa shape index (κ1) is 14.3. The lowest BCUT2D eigenvalue weighted by atomic mass is 9.69. The molecule has 1 aliphatic carbocycles. The molecular formula is C11H19NO4S. The highest BCUT2D eigenvalue weighted by atomic mass is 32.2. The minimum Gasteiger partial charge on any atom is -0.481 e. The van der Waals surface area contributed by atoms with Crippen LogP contribution in [0.1, 0.15) is 19.3 Å². The third-order valence-corrected chi connectivity index (χ3v) is 3.97. The fourth-order valence-corrected chi connectivity index (χ4v) is 2.41. The summed E-state index contributed by atoms with van der Waals surface area (Å²) in [5, 5.41) is 11.8. The molecular weight excluding hydrogens is 242 g/mol. The molecule has 1 fully saturated rings. The van der Waals surface area contributed by atoms with Crippen LogP contribution >= 0.6 is 11.8 Å². The Labute approximate surface area is 105 Å². The maximum Gasteiger partial charge on any atom is 0.311 e. The third kappa shape index (κ3) is 4.20. The zero-order valence-corrected chi connectivity index (χ0v) is 10.8. The molecule has 1 amide bonds. The molecule has 0 spiro atoms. The minimum atomic E-state index is -0.795. The highest BCUT2D eigenvalue weighted by Crippen LogP contribution is 2.40. The number of carbonyl (C=O) groups is 2. The Bertz CT molecular complexity index is 279. The molecule has 1 saturated carbocycles. The van der Waals surface area contributed by atoms with Crippen LogP contribution in [-0.2, 0) is 14.3 Å². The van der Waals surface area contributed by atoms with Gasteiger partial charge in [-0.05, 0) is 12.8 Å². The van der Waals surface area contributed by atoms with E-state index in [9.17, 15) is 9.59 Å². The average molecular weight is 261 g/mol. The first-order valence-electron chi connectivity index (χ1n) is 5.67. The molecule has 0 aliphatic heterocycles. The van der Waals surface area contributed by atoms with Gasteiger partial charge >= 0.3 is 5.97 Å². The maximum absolute atomic E-state index is 11.4. The normalized spacial score (nSPS) is 17.2. The van der Waals surface area contributed by atoms with Crippen LogP contribution < -0.4 is 5.32 Å². The van der Waals surface area contributed by atoms with Gasteiger partial charge in [0.05, 0.1) is 17.8 Å². The fourth-order valence-electron chi connectivity index (χ4n) is 1.70. The Kier molecular flexibility index (Phi) is 5.77. The summed E-state index contributed by atoms with van der Waals surface area (Å²) < 4.78 is 4.87. The highest BCUT2D eigenvalue weighted by Gasteiger charge is 2.44. The van der Waals surface area contributed by atoms with Crippen LogP contribution in [0, 0.1) is 5.41 Å². The second-order valence-corrected chi connectivity index (χ2v) is 5.37. The van der Waals surface area contributed by atoms with Crippen molar-refractivity contribution < 1.29 is 19.4 Å². The van der Waals surface area contributed by atoms with E-state index < -0.39 is 11.4 Å². The first-order valence-corrected chi connectivity index (χ1v) is 6.83. The Balaban J connectivity index is 2.16. The van der Waals surface area contributed by atoms with E-state index in [1.54, 1.807) is 7.11 Å². The molecule has 0 bridgehead atoms. The number of methoxy groups -OCH3 is 1. The predicted molar refractivity (Wildman–Crippen MR) is 66.1 cm³/mol. The number of aliphatic carboxylic acids is 1. The lowest BCUT2D eigenvalue weighted by Gasteiger charge is -2.37. The third-order valence-electron chi connectivity index (χ3n) is 3.05. The number of carboxylic acid groups (broad SMARTS) is 1. The quantitative estimate of drug-likeness (QED) is 0.630. The molecule has 0 unspecified atom stereocenters. The Morgan fingerprint density at radius 3 is 2.65 bits per heavy atom. The fraction of sp³-hybridized carbons (Fsp3) is 0.818. The smallest absolute Gasteiger partial charge is 0.311 e. The number of amides is 1. The Morgan fingerprint density at radius 2 is 2.18 bits per heavy atom. The number of hydrogen-bond acceptors (Lipinski definition) is 4. The number of hydrogen-bond donors (Lipinski definition) is 2. The summed E-state index contributed by atoms with van der Waals surface area (Å²) in [5.74, 6) is 0.238. The summed E-state index contributed by atoms with van der Waals surface area (Å²) >= 11 is 1.49. The monoisotopic (exact) mass is 261 g/mol. The summed E-state index contributed by atoms with van der Waals surface area (Å²) in [6.07, 6.45) is 2.27. The molecule has 2 N–H and O–H groups in total. The molecule has 5 nitrogen and oxygen atoms in total. The number of ether oxygens (including phenoxy) is 1. The van der Waals surface area contributed by atoms with E-state index in [-0.39, 0.29) is 12.5 Å². The van der Waals surface area contributed by atoms with E-state index in [4.69, 9.17) is 9.84 Å². The molecule has 17 heavy (non-hydrogen) atoms. The lowest BCUT2D eigenvalue weighted by Crippen LogP contribution is -2.47. The molecule has 1 aliphatic rings. The van der Waals surface area contributed by atoms with Gasteiger partial charge in [-0.1, -0.05) is 6.42 Å². The van der Waals surface area contributed by atoms with Crippen molar-refractivity contribution in [2.45, 2.75) is 19.3 Å². The Morgan fingerprint density at radius 1 is 1.47 bits per heavy atom. The lowest BCUT2D eigenvalue weighted by molar-refractivity contribution is -0.154. The topological polar surface area (TPSA) is 75.6 Å². The van der Waals surface area contributed by atoms with Crippen molar-refractivity contribution in [3.05, 3.63) is 0 Å². The SMILES string of the molecule is COCCSCC(=O)NCC1(C(=O)O)CCC1. The predicted octanol–water partition coefficient (Wildman–Crippen LogP) is 0.737. The Hall–Kier alpha value is -0.750. The van der Waals surface area contributed by atoms with Crippen LogP contribution in [0.15, 0.2) is 0 Å². The van der Waals surface area contributed by atoms with E-state index >= 15 is 0 Å². The molecule has 98 valence electrons. The molecule has 0 aromatic rings. The zero-order valence-electron chi connectivity index (χ0n) is 10.0. The largest absolute Gasteiger partial charge is 0.481 e. The summed E-state index contributed by atoms with van der Waals surface area (Å²) in [6, 6.07) is 0. The molecule has 0 atom stereocenters. The number of carboxylic acids is 1. The minimum absolute atomic E-state index is 0.0985. The molecule has 0 saturated heterocycles. The number of rotatable bonds is 8. The van der Waals surface area contributed by atoms with E-state index in [1.807, 2.05) is 0 Å². The van der Waals surface area contributed by atoms with Crippen molar-refractivity contribution in [1.82, 2.24) is 5.32 Å². The van der Waals surface area contributed by atoms with Gasteiger partial charge in [0.2, 0.25) is 5.91 Å². The van der Waals surface area contributed by atoms with Crippen molar-refractivity contribution in [2.75, 3.05) is 31.8 Å². The van der Waals surface area contributed by atoms with Gasteiger partial charge in [0.25, 0.3) is 0 Å². The second-order valence-electron chi connectivity index (χ2n) is 4.26. The van der Waals surface area contributed by atoms with Crippen LogP contribution in [-0.4, -0.2) is 48.8 Å². The molecule has 0 radical (unpaired) electrons. The van der Waals surface area contributed by atoms with Gasteiger partial charge in [0.1, 0.15) is 0 Å². The van der Waals surface area contributed by atoms with E-state index in [1.165, 1.54) is 11.8 Å². The van der Waals surface area contributed by atoms with E-state index in [2.05, 4.69) is 5.32 Å². The van der Waals surface area contributed by atoms with Crippen LogP contribution in [0.4, 0.5) is 0 Å². The van der Waals surface area contributed by atoms with Crippen molar-refractivity contribution in [3.63, 3.8) is 0 Å². The van der Waals surface area contributed by atoms with Crippen molar-refractivity contribution in [3.8, 4) is 0 Å². The highest BCUT2D eigenvalue weighted by molar-refractivity contribution is 7.99. The summed E-state index contributed by atoms with van der Waals surface area (Å²) in [7, 11) is 1.62. The van der Waals surface area contributed by atoms with Gasteiger partial charge in [0, 0.05) is 19.4 Å². The summed E-state index contributed by atoms with van der Waals surface area (Å²) in [6.45, 7) is 0.878. The zero-order chi connectivity index (χ0) is 12.7. The van der Waals surface area contributed by atoms with Gasteiger partial charge in [-0.15, -0.1) is 11.8 Å². The van der Waals surface area contributed by atoms with Gasteiger partial charge in [-0.25, -0.2) is 0 Å². The van der Waals surface area contributed by atoms with Gasteiger partial charge in [-0.2, -0.15) is 0 Å². The standard InChI is InChI=1S/C11H19NO4S/c1-16-5-6-17-7-9(13)12-8-11(10(14)15)3-2-4-11/h2-8H2,1H3,(H,12,13)(H,14,15). The van der Waals surface area contributed by atoms with Gasteiger partial charge in [-0.3, -0.25) is 9.59 Å². The van der Waals surface area contributed by atoms with Gasteiger partial charge in [0.15, 0.2) is 0 Å². The number of thioether (sulfide) groups is 1. The van der Waals surface area contributed by atoms with E-state index in [0.717, 1.165) is 12.2 Å². The van der Waals surface area contributed by atoms with Crippen LogP contribution in [0.5, 0.6) is 0 Å². The van der Waals surface area contributed by atoms with Crippen molar-refractivity contribution in [1.29, 1.82) is 0 Å². The van der Waals surface area contributed by atoms with Crippen LogP contribution in [0.25, 0.3) is 0 Å². The van der Waals surface area contributed by atoms with Gasteiger partial charge < -0.3 is 15.2 Å². The maximum atomic E-state index is 11.4. The number of nitrogens with one attached hydrogen (secondary N) is 1.